The number of carbonyl (C=O) groups excluding carboxylic acids is 4. The summed E-state index contributed by atoms with van der Waals surface area (Å²) in [6, 6.07) is 13.5. The first-order valence-corrected chi connectivity index (χ1v) is 14.9. The van der Waals surface area contributed by atoms with E-state index in [1.807, 2.05) is 48.2 Å². The molecule has 4 rings (SSSR count). The second-order valence-corrected chi connectivity index (χ2v) is 11.7. The number of benzene rings is 2. The van der Waals surface area contributed by atoms with Crippen molar-refractivity contribution in [2.75, 3.05) is 46.6 Å². The summed E-state index contributed by atoms with van der Waals surface area (Å²) in [7, 11) is 1.58. The Morgan fingerprint density at radius 3 is 2.16 bits per heavy atom. The number of aryl methyl sites for hydroxylation is 1. The molecule has 2 aromatic rings. The lowest BCUT2D eigenvalue weighted by Crippen LogP contribution is -2.50. The van der Waals surface area contributed by atoms with E-state index in [1.165, 1.54) is 0 Å². The lowest BCUT2D eigenvalue weighted by molar-refractivity contribution is -0.134. The van der Waals surface area contributed by atoms with E-state index in [1.54, 1.807) is 33.1 Å². The zero-order valence-corrected chi connectivity index (χ0v) is 25.5. The number of nitrogens with zero attached hydrogens (tertiary/aromatic N) is 1. The highest BCUT2D eigenvalue weighted by Gasteiger charge is 2.50. The number of hydrogen-bond donors (Lipinski definition) is 2. The van der Waals surface area contributed by atoms with Gasteiger partial charge in [0.05, 0.1) is 45.6 Å². The Balaban J connectivity index is 1.47. The van der Waals surface area contributed by atoms with Gasteiger partial charge in [-0.3, -0.25) is 24.1 Å². The molecule has 10 nitrogen and oxygen atoms in total. The third-order valence-electron chi connectivity index (χ3n) is 8.08. The van der Waals surface area contributed by atoms with Crippen LogP contribution < -0.4 is 15.4 Å². The number of epoxide rings is 1. The molecule has 2 aliphatic rings. The van der Waals surface area contributed by atoms with Crippen molar-refractivity contribution in [1.29, 1.82) is 0 Å². The van der Waals surface area contributed by atoms with Gasteiger partial charge in [0.1, 0.15) is 11.4 Å². The molecule has 2 heterocycles. The highest BCUT2D eigenvalue weighted by Crippen LogP contribution is 2.29. The van der Waals surface area contributed by atoms with Crippen molar-refractivity contribution in [2.24, 2.45) is 5.92 Å². The third-order valence-corrected chi connectivity index (χ3v) is 8.08. The predicted molar refractivity (Wildman–Crippen MR) is 161 cm³/mol. The fraction of sp³-hybridized carbons (Fsp3) is 0.515. The average molecular weight is 594 g/mol. The molecule has 2 amide bonds. The molecular formula is C33H43N3O7. The van der Waals surface area contributed by atoms with Crippen LogP contribution in [0.2, 0.25) is 0 Å². The van der Waals surface area contributed by atoms with Crippen LogP contribution in [0.1, 0.15) is 37.0 Å². The van der Waals surface area contributed by atoms with Crippen LogP contribution in [0.5, 0.6) is 5.75 Å². The van der Waals surface area contributed by atoms with Gasteiger partial charge in [-0.15, -0.1) is 0 Å². The Bertz CT molecular complexity index is 1270. The minimum absolute atomic E-state index is 0.101. The Morgan fingerprint density at radius 1 is 0.953 bits per heavy atom. The highest BCUT2D eigenvalue weighted by molar-refractivity contribution is 5.98. The number of hydrogen-bond acceptors (Lipinski definition) is 8. The predicted octanol–water partition coefficient (Wildman–Crippen LogP) is 2.04. The topological polar surface area (TPSA) is 127 Å². The van der Waals surface area contributed by atoms with Gasteiger partial charge in [-0.2, -0.15) is 0 Å². The molecule has 2 fully saturated rings. The molecule has 0 spiro atoms. The standard InChI is InChI=1S/C33H43N3O7/c1-22-5-7-25(8-6-22)18-28(31(39)33(3)21-43-33)35-32(40)26(17-24-9-11-27(41-4)12-10-24)19-29(37)23(2)34-30(38)20-36-13-15-42-16-14-36/h5-12,23,26,28H,13-21H2,1-4H3,(H,34,38)(H,35,40)/t23-,26+,28-,33+/m0/s1. The second-order valence-electron chi connectivity index (χ2n) is 11.7. The van der Waals surface area contributed by atoms with Crippen LogP contribution >= 0.6 is 0 Å². The van der Waals surface area contributed by atoms with Crippen molar-refractivity contribution in [3.63, 3.8) is 0 Å². The van der Waals surface area contributed by atoms with Crippen LogP contribution in [0.3, 0.4) is 0 Å². The number of rotatable bonds is 15. The lowest BCUT2D eigenvalue weighted by atomic mass is 9.89. The first-order chi connectivity index (χ1) is 20.6. The van der Waals surface area contributed by atoms with Gasteiger partial charge in [0.2, 0.25) is 11.8 Å². The first kappa shape index (κ1) is 32.3. The minimum Gasteiger partial charge on any atom is -0.497 e. The van der Waals surface area contributed by atoms with Crippen LogP contribution in [0.25, 0.3) is 0 Å². The summed E-state index contributed by atoms with van der Waals surface area (Å²) in [6.07, 6.45) is 0.478. The summed E-state index contributed by atoms with van der Waals surface area (Å²) in [6.45, 7) is 8.30. The molecule has 43 heavy (non-hydrogen) atoms. The monoisotopic (exact) mass is 593 g/mol. The van der Waals surface area contributed by atoms with E-state index >= 15 is 0 Å². The number of morpholine rings is 1. The molecular weight excluding hydrogens is 550 g/mol. The van der Waals surface area contributed by atoms with E-state index < -0.39 is 29.5 Å². The van der Waals surface area contributed by atoms with Gasteiger partial charge < -0.3 is 24.8 Å². The summed E-state index contributed by atoms with van der Waals surface area (Å²) in [5, 5.41) is 5.74. The Hall–Kier alpha value is -3.60. The number of nitrogens with one attached hydrogen (secondary N) is 2. The molecule has 0 aromatic heterocycles. The maximum absolute atomic E-state index is 13.8. The van der Waals surface area contributed by atoms with Crippen LogP contribution in [0.15, 0.2) is 48.5 Å². The van der Waals surface area contributed by atoms with Gasteiger partial charge in [0, 0.05) is 25.4 Å². The van der Waals surface area contributed by atoms with E-state index in [-0.39, 0.29) is 36.9 Å². The molecule has 2 N–H and O–H groups in total. The van der Waals surface area contributed by atoms with E-state index in [9.17, 15) is 19.2 Å². The van der Waals surface area contributed by atoms with Crippen molar-refractivity contribution in [3.05, 3.63) is 65.2 Å². The molecule has 2 aliphatic heterocycles. The maximum Gasteiger partial charge on any atom is 0.234 e. The van der Waals surface area contributed by atoms with Crippen molar-refractivity contribution in [1.82, 2.24) is 15.5 Å². The number of ketones is 2. The zero-order chi connectivity index (χ0) is 31.0. The largest absolute Gasteiger partial charge is 0.497 e. The smallest absolute Gasteiger partial charge is 0.234 e. The number of carbonyl (C=O) groups is 4. The Kier molecular flexibility index (Phi) is 11.1. The lowest BCUT2D eigenvalue weighted by Gasteiger charge is -2.27. The maximum atomic E-state index is 13.8. The van der Waals surface area contributed by atoms with Crippen molar-refractivity contribution in [3.8, 4) is 5.75 Å². The summed E-state index contributed by atoms with van der Waals surface area (Å²) in [5.41, 5.74) is 1.92. The van der Waals surface area contributed by atoms with Crippen LogP contribution in [-0.2, 0) is 41.5 Å². The van der Waals surface area contributed by atoms with Gasteiger partial charge in [0.15, 0.2) is 11.6 Å². The first-order valence-electron chi connectivity index (χ1n) is 14.9. The zero-order valence-electron chi connectivity index (χ0n) is 25.5. The third kappa shape index (κ3) is 9.44. The molecule has 0 radical (unpaired) electrons. The number of ether oxygens (including phenoxy) is 3. The van der Waals surface area contributed by atoms with Crippen LogP contribution in [0, 0.1) is 12.8 Å². The van der Waals surface area contributed by atoms with Crippen LogP contribution in [-0.4, -0.2) is 92.5 Å². The van der Waals surface area contributed by atoms with Crippen molar-refractivity contribution >= 4 is 23.4 Å². The van der Waals surface area contributed by atoms with E-state index in [2.05, 4.69) is 10.6 Å². The Labute approximate surface area is 253 Å². The molecule has 10 heteroatoms. The SMILES string of the molecule is COc1ccc(C[C@H](CC(=O)[C@H](C)NC(=O)CN2CCOCC2)C(=O)N[C@@H](Cc2ccc(C)cc2)C(=O)[C@@]2(C)CO2)cc1. The molecule has 2 saturated heterocycles. The molecule has 232 valence electrons. The van der Waals surface area contributed by atoms with E-state index in [0.29, 0.717) is 45.1 Å². The number of Topliss-reactive ketones (excluding diaryl/α,β-unsaturated/α-hetero) is 2. The average Bonchev–Trinajstić information content (AvgIpc) is 3.76. The van der Waals surface area contributed by atoms with Gasteiger partial charge >= 0.3 is 0 Å². The van der Waals surface area contributed by atoms with E-state index in [4.69, 9.17) is 14.2 Å². The molecule has 0 saturated carbocycles. The molecule has 0 bridgehead atoms. The summed E-state index contributed by atoms with van der Waals surface area (Å²) < 4.78 is 16.0. The van der Waals surface area contributed by atoms with Gasteiger partial charge in [0.25, 0.3) is 0 Å². The quantitative estimate of drug-likeness (QED) is 0.301. The molecule has 2 aromatic carbocycles. The van der Waals surface area contributed by atoms with Crippen molar-refractivity contribution in [2.45, 2.75) is 57.7 Å². The molecule has 0 unspecified atom stereocenters. The molecule has 4 atom stereocenters. The van der Waals surface area contributed by atoms with Crippen LogP contribution in [0.4, 0.5) is 0 Å². The summed E-state index contributed by atoms with van der Waals surface area (Å²) in [4.78, 5) is 55.2. The number of amides is 2. The van der Waals surface area contributed by atoms with Gasteiger partial charge in [-0.1, -0.05) is 42.0 Å². The fourth-order valence-corrected chi connectivity index (χ4v) is 5.13. The minimum atomic E-state index is -0.927. The van der Waals surface area contributed by atoms with Gasteiger partial charge in [-0.05, 0) is 56.9 Å². The number of methoxy groups -OCH3 is 1. The molecule has 0 aliphatic carbocycles. The highest BCUT2D eigenvalue weighted by atomic mass is 16.6. The normalized spacial score (nSPS) is 20.4. The van der Waals surface area contributed by atoms with Crippen molar-refractivity contribution < 1.29 is 33.4 Å². The fourth-order valence-electron chi connectivity index (χ4n) is 5.13. The van der Waals surface area contributed by atoms with E-state index in [0.717, 1.165) is 16.7 Å². The van der Waals surface area contributed by atoms with Gasteiger partial charge in [-0.25, -0.2) is 0 Å². The second kappa shape index (κ2) is 14.7. The summed E-state index contributed by atoms with van der Waals surface area (Å²) >= 11 is 0. The summed E-state index contributed by atoms with van der Waals surface area (Å²) in [5.74, 6) is -1.19. The Morgan fingerprint density at radius 2 is 1.56 bits per heavy atom.